The number of para-hydroxylation sites is 2. The maximum Gasteiger partial charge on any atom is 0.323 e. The summed E-state index contributed by atoms with van der Waals surface area (Å²) in [5.74, 6) is 0.873. The van der Waals surface area contributed by atoms with Gasteiger partial charge in [-0.1, -0.05) is 36.4 Å². The lowest BCUT2D eigenvalue weighted by Gasteiger charge is -2.27. The van der Waals surface area contributed by atoms with Crippen LogP contribution >= 0.6 is 0 Å². The standard InChI is InChI=1S/C19H23NO4/c1-13(20)19(21)23-14(2)18(24-15-9-5-4-6-10-15)16-11-7-8-12-17(16)22-3/h4-14,18H,20H2,1-3H3/t13-,14-,18-/m0/s1. The predicted molar refractivity (Wildman–Crippen MR) is 92.0 cm³/mol. The number of rotatable bonds is 7. The van der Waals surface area contributed by atoms with Gasteiger partial charge in [0.2, 0.25) is 0 Å². The molecule has 5 nitrogen and oxygen atoms in total. The number of esters is 1. The molecule has 0 saturated carbocycles. The molecule has 0 unspecified atom stereocenters. The number of carbonyl (C=O) groups excluding carboxylic acids is 1. The third kappa shape index (κ3) is 4.49. The van der Waals surface area contributed by atoms with Crippen molar-refractivity contribution in [3.05, 3.63) is 60.2 Å². The molecule has 0 bridgehead atoms. The summed E-state index contributed by atoms with van der Waals surface area (Å²) in [6.45, 7) is 3.37. The number of ether oxygens (including phenoxy) is 3. The molecule has 2 rings (SSSR count). The second-order valence-electron chi connectivity index (χ2n) is 5.52. The summed E-state index contributed by atoms with van der Waals surface area (Å²) in [4.78, 5) is 11.9. The molecule has 0 aromatic heterocycles. The summed E-state index contributed by atoms with van der Waals surface area (Å²) in [5, 5.41) is 0. The molecule has 0 saturated heterocycles. The number of hydrogen-bond donors (Lipinski definition) is 1. The Hall–Kier alpha value is -2.53. The molecule has 128 valence electrons. The summed E-state index contributed by atoms with van der Waals surface area (Å²) in [6, 6.07) is 16.2. The largest absolute Gasteiger partial charge is 0.496 e. The van der Waals surface area contributed by atoms with Gasteiger partial charge in [0.15, 0.2) is 6.10 Å². The highest BCUT2D eigenvalue weighted by atomic mass is 16.6. The zero-order valence-electron chi connectivity index (χ0n) is 14.1. The van der Waals surface area contributed by atoms with Gasteiger partial charge in [0.1, 0.15) is 23.6 Å². The lowest BCUT2D eigenvalue weighted by atomic mass is 10.0. The van der Waals surface area contributed by atoms with Crippen LogP contribution in [0.15, 0.2) is 54.6 Å². The van der Waals surface area contributed by atoms with Crippen molar-refractivity contribution in [2.75, 3.05) is 7.11 Å². The van der Waals surface area contributed by atoms with Crippen LogP contribution in [0.25, 0.3) is 0 Å². The molecule has 2 N–H and O–H groups in total. The Morgan fingerprint density at radius 2 is 1.62 bits per heavy atom. The van der Waals surface area contributed by atoms with Crippen LogP contribution in [0.5, 0.6) is 11.5 Å². The zero-order valence-corrected chi connectivity index (χ0v) is 14.1. The Bertz CT molecular complexity index is 657. The highest BCUT2D eigenvalue weighted by molar-refractivity contribution is 5.75. The number of carbonyl (C=O) groups is 1. The van der Waals surface area contributed by atoms with Crippen LogP contribution in [0.3, 0.4) is 0 Å². The maximum absolute atomic E-state index is 11.9. The molecule has 0 aliphatic rings. The fourth-order valence-electron chi connectivity index (χ4n) is 2.31. The van der Waals surface area contributed by atoms with E-state index in [1.54, 1.807) is 21.0 Å². The molecule has 0 heterocycles. The average Bonchev–Trinajstić information content (AvgIpc) is 2.60. The summed E-state index contributed by atoms with van der Waals surface area (Å²) in [6.07, 6.45) is -1.06. The smallest absolute Gasteiger partial charge is 0.323 e. The number of hydrogen-bond acceptors (Lipinski definition) is 5. The predicted octanol–water partition coefficient (Wildman–Crippen LogP) is 3.09. The molecule has 0 fully saturated rings. The van der Waals surface area contributed by atoms with Crippen molar-refractivity contribution in [3.63, 3.8) is 0 Å². The normalized spacial score (nSPS) is 14.3. The minimum Gasteiger partial charge on any atom is -0.496 e. The van der Waals surface area contributed by atoms with Crippen LogP contribution in [-0.4, -0.2) is 25.2 Å². The van der Waals surface area contributed by atoms with E-state index in [1.807, 2.05) is 54.6 Å². The van der Waals surface area contributed by atoms with Gasteiger partial charge in [-0.25, -0.2) is 0 Å². The van der Waals surface area contributed by atoms with E-state index in [0.29, 0.717) is 11.5 Å². The topological polar surface area (TPSA) is 70.8 Å². The third-order valence-corrected chi connectivity index (χ3v) is 3.55. The van der Waals surface area contributed by atoms with E-state index < -0.39 is 24.2 Å². The van der Waals surface area contributed by atoms with E-state index >= 15 is 0 Å². The highest BCUT2D eigenvalue weighted by Gasteiger charge is 2.28. The van der Waals surface area contributed by atoms with Gasteiger partial charge in [-0.05, 0) is 32.0 Å². The first kappa shape index (κ1) is 17.8. The van der Waals surface area contributed by atoms with Crippen molar-refractivity contribution in [1.82, 2.24) is 0 Å². The number of methoxy groups -OCH3 is 1. The lowest BCUT2D eigenvalue weighted by molar-refractivity contribution is -0.154. The molecule has 24 heavy (non-hydrogen) atoms. The van der Waals surface area contributed by atoms with Crippen molar-refractivity contribution in [1.29, 1.82) is 0 Å². The Labute approximate surface area is 142 Å². The van der Waals surface area contributed by atoms with Crippen LogP contribution in [0, 0.1) is 0 Å². The Kier molecular flexibility index (Phi) is 6.21. The maximum atomic E-state index is 11.9. The molecule has 0 aliphatic carbocycles. The van der Waals surface area contributed by atoms with Gasteiger partial charge in [0, 0.05) is 5.56 Å². The van der Waals surface area contributed by atoms with E-state index in [2.05, 4.69) is 0 Å². The molecule has 5 heteroatoms. The van der Waals surface area contributed by atoms with E-state index in [0.717, 1.165) is 5.56 Å². The van der Waals surface area contributed by atoms with E-state index in [-0.39, 0.29) is 0 Å². The van der Waals surface area contributed by atoms with Gasteiger partial charge in [-0.3, -0.25) is 4.79 Å². The first-order valence-corrected chi connectivity index (χ1v) is 7.83. The van der Waals surface area contributed by atoms with Crippen molar-refractivity contribution in [2.24, 2.45) is 5.73 Å². The van der Waals surface area contributed by atoms with Crippen molar-refractivity contribution in [3.8, 4) is 11.5 Å². The van der Waals surface area contributed by atoms with Gasteiger partial charge >= 0.3 is 5.97 Å². The molecule has 3 atom stereocenters. The Balaban J connectivity index is 2.32. The fourth-order valence-corrected chi connectivity index (χ4v) is 2.31. The van der Waals surface area contributed by atoms with E-state index in [9.17, 15) is 4.79 Å². The number of nitrogens with two attached hydrogens (primary N) is 1. The van der Waals surface area contributed by atoms with E-state index in [1.165, 1.54) is 0 Å². The Morgan fingerprint density at radius 1 is 1.00 bits per heavy atom. The van der Waals surface area contributed by atoms with Crippen LogP contribution in [-0.2, 0) is 9.53 Å². The lowest BCUT2D eigenvalue weighted by Crippen LogP contribution is -2.35. The highest BCUT2D eigenvalue weighted by Crippen LogP contribution is 2.32. The minimum atomic E-state index is -0.692. The van der Waals surface area contributed by atoms with Gasteiger partial charge in [0.25, 0.3) is 0 Å². The molecule has 0 amide bonds. The first-order chi connectivity index (χ1) is 11.5. The van der Waals surface area contributed by atoms with Crippen molar-refractivity contribution in [2.45, 2.75) is 32.1 Å². The molecule has 0 spiro atoms. The Morgan fingerprint density at radius 3 is 2.25 bits per heavy atom. The summed E-state index contributed by atoms with van der Waals surface area (Å²) >= 11 is 0. The quantitative estimate of drug-likeness (QED) is 0.790. The van der Waals surface area contributed by atoms with E-state index in [4.69, 9.17) is 19.9 Å². The van der Waals surface area contributed by atoms with Crippen LogP contribution in [0.4, 0.5) is 0 Å². The van der Waals surface area contributed by atoms with Gasteiger partial charge in [-0.15, -0.1) is 0 Å². The van der Waals surface area contributed by atoms with Crippen LogP contribution in [0.2, 0.25) is 0 Å². The minimum absolute atomic E-state index is 0.473. The van der Waals surface area contributed by atoms with Crippen molar-refractivity contribution >= 4 is 5.97 Å². The molecule has 0 aliphatic heterocycles. The SMILES string of the molecule is COc1ccccc1[C@@H](Oc1ccccc1)[C@H](C)OC(=O)[C@H](C)N. The number of benzene rings is 2. The van der Waals surface area contributed by atoms with Gasteiger partial charge < -0.3 is 19.9 Å². The van der Waals surface area contributed by atoms with Gasteiger partial charge in [-0.2, -0.15) is 0 Å². The first-order valence-electron chi connectivity index (χ1n) is 7.83. The molecular formula is C19H23NO4. The zero-order chi connectivity index (χ0) is 17.5. The summed E-state index contributed by atoms with van der Waals surface area (Å²) in [7, 11) is 1.59. The molecule has 2 aromatic carbocycles. The summed E-state index contributed by atoms with van der Waals surface area (Å²) in [5.41, 5.74) is 6.39. The van der Waals surface area contributed by atoms with Gasteiger partial charge in [0.05, 0.1) is 7.11 Å². The fraction of sp³-hybridized carbons (Fsp3) is 0.316. The van der Waals surface area contributed by atoms with Crippen LogP contribution < -0.4 is 15.2 Å². The third-order valence-electron chi connectivity index (χ3n) is 3.55. The monoisotopic (exact) mass is 329 g/mol. The molecular weight excluding hydrogens is 306 g/mol. The van der Waals surface area contributed by atoms with Crippen LogP contribution in [0.1, 0.15) is 25.5 Å². The molecule has 0 radical (unpaired) electrons. The second-order valence-corrected chi connectivity index (χ2v) is 5.52. The molecule has 2 aromatic rings. The van der Waals surface area contributed by atoms with Crippen molar-refractivity contribution < 1.29 is 19.0 Å². The summed E-state index contributed by atoms with van der Waals surface area (Å²) < 4.78 is 17.0. The second kappa shape index (κ2) is 8.36. The average molecular weight is 329 g/mol.